The van der Waals surface area contributed by atoms with Crippen molar-refractivity contribution in [2.45, 2.75) is 30.2 Å². The average molecular weight is 201 g/mol. The molecule has 0 saturated carbocycles. The van der Waals surface area contributed by atoms with Crippen LogP contribution in [-0.2, 0) is 0 Å². The van der Waals surface area contributed by atoms with Crippen LogP contribution >= 0.6 is 27.5 Å². The summed E-state index contributed by atoms with van der Waals surface area (Å²) in [5.74, 6) is 0. The molecule has 0 aliphatic heterocycles. The third kappa shape index (κ3) is 6.73. The molecule has 50 valence electrons. The number of rotatable bonds is 3. The predicted molar refractivity (Wildman–Crippen MR) is 39.3 cm³/mol. The van der Waals surface area contributed by atoms with Gasteiger partial charge in [-0.15, -0.1) is 0 Å². The SMILES string of the molecule is CCCCC(O)(Cl)Br. The third-order valence-electron chi connectivity index (χ3n) is 0.831. The second-order valence-electron chi connectivity index (χ2n) is 1.77. The average Bonchev–Trinajstić information content (AvgIpc) is 1.59. The monoisotopic (exact) mass is 200 g/mol. The Kier molecular flexibility index (Phi) is 4.04. The Balaban J connectivity index is 3.11. The van der Waals surface area contributed by atoms with Crippen LogP contribution in [0, 0.1) is 0 Å². The number of halogens is 2. The number of unbranched alkanes of at least 4 members (excludes halogenated alkanes) is 1. The van der Waals surface area contributed by atoms with Crippen LogP contribution in [0.25, 0.3) is 0 Å². The minimum absolute atomic E-state index is 0.602. The summed E-state index contributed by atoms with van der Waals surface area (Å²) in [6.07, 6.45) is 2.61. The zero-order chi connectivity index (χ0) is 6.62. The molecule has 0 aromatic rings. The maximum Gasteiger partial charge on any atom is 0.194 e. The molecule has 0 aliphatic carbocycles. The lowest BCUT2D eigenvalue weighted by Crippen LogP contribution is -2.08. The van der Waals surface area contributed by atoms with Crippen molar-refractivity contribution in [1.29, 1.82) is 0 Å². The molecule has 1 N–H and O–H groups in total. The first-order valence-electron chi connectivity index (χ1n) is 2.66. The number of hydrogen-bond acceptors (Lipinski definition) is 1. The summed E-state index contributed by atoms with van der Waals surface area (Å²) in [7, 11) is 0. The molecule has 0 saturated heterocycles. The van der Waals surface area contributed by atoms with E-state index in [1.54, 1.807) is 0 Å². The molecule has 1 unspecified atom stereocenters. The maximum absolute atomic E-state index is 8.83. The molecule has 0 amide bonds. The summed E-state index contributed by atoms with van der Waals surface area (Å²) in [6.45, 7) is 2.05. The fourth-order valence-electron chi connectivity index (χ4n) is 0.389. The Morgan fingerprint density at radius 3 is 2.38 bits per heavy atom. The van der Waals surface area contributed by atoms with Crippen LogP contribution in [0.3, 0.4) is 0 Å². The van der Waals surface area contributed by atoms with Gasteiger partial charge in [0.25, 0.3) is 0 Å². The van der Waals surface area contributed by atoms with E-state index in [2.05, 4.69) is 22.9 Å². The topological polar surface area (TPSA) is 20.2 Å². The van der Waals surface area contributed by atoms with Gasteiger partial charge in [-0.25, -0.2) is 0 Å². The highest BCUT2D eigenvalue weighted by Crippen LogP contribution is 2.25. The fraction of sp³-hybridized carbons (Fsp3) is 1.00. The molecule has 3 heteroatoms. The van der Waals surface area contributed by atoms with Gasteiger partial charge in [0.2, 0.25) is 0 Å². The highest BCUT2D eigenvalue weighted by Gasteiger charge is 2.15. The molecule has 1 atom stereocenters. The van der Waals surface area contributed by atoms with E-state index in [0.29, 0.717) is 6.42 Å². The van der Waals surface area contributed by atoms with Crippen LogP contribution < -0.4 is 0 Å². The van der Waals surface area contributed by atoms with E-state index in [9.17, 15) is 0 Å². The van der Waals surface area contributed by atoms with Crippen molar-refractivity contribution in [2.24, 2.45) is 0 Å². The zero-order valence-electron chi connectivity index (χ0n) is 4.82. The van der Waals surface area contributed by atoms with Gasteiger partial charge in [0.05, 0.1) is 0 Å². The van der Waals surface area contributed by atoms with E-state index < -0.39 is 3.97 Å². The lowest BCUT2D eigenvalue weighted by Gasteiger charge is -2.09. The molecule has 0 aromatic heterocycles. The Hall–Kier alpha value is 0.730. The number of aliphatic hydroxyl groups is 1. The smallest absolute Gasteiger partial charge is 0.194 e. The number of alkyl halides is 2. The summed E-state index contributed by atoms with van der Waals surface area (Å²) >= 11 is 8.28. The van der Waals surface area contributed by atoms with Crippen LogP contribution in [-0.4, -0.2) is 9.08 Å². The van der Waals surface area contributed by atoms with E-state index in [-0.39, 0.29) is 0 Å². The minimum Gasteiger partial charge on any atom is -0.366 e. The molecule has 0 radical (unpaired) electrons. The lowest BCUT2D eigenvalue weighted by atomic mass is 10.3. The van der Waals surface area contributed by atoms with Crippen LogP contribution in [0.4, 0.5) is 0 Å². The largest absolute Gasteiger partial charge is 0.366 e. The number of hydrogen-bond donors (Lipinski definition) is 1. The van der Waals surface area contributed by atoms with Gasteiger partial charge in [0.15, 0.2) is 3.97 Å². The van der Waals surface area contributed by atoms with Gasteiger partial charge in [-0.2, -0.15) is 0 Å². The molecule has 1 nitrogen and oxygen atoms in total. The van der Waals surface area contributed by atoms with Gasteiger partial charge in [-0.1, -0.05) is 24.9 Å². The van der Waals surface area contributed by atoms with Crippen molar-refractivity contribution >= 4 is 27.5 Å². The quantitative estimate of drug-likeness (QED) is 0.696. The second kappa shape index (κ2) is 3.70. The molecular formula is C5H10BrClO. The van der Waals surface area contributed by atoms with Crippen molar-refractivity contribution in [2.75, 3.05) is 0 Å². The standard InChI is InChI=1S/C5H10BrClO/c1-2-3-4-5(6,7)8/h8H,2-4H2,1H3. The van der Waals surface area contributed by atoms with E-state index in [1.807, 2.05) is 0 Å². The first kappa shape index (κ1) is 8.73. The molecule has 0 aliphatic rings. The minimum atomic E-state index is -1.16. The summed E-state index contributed by atoms with van der Waals surface area (Å²) in [5, 5.41) is 8.83. The van der Waals surface area contributed by atoms with Gasteiger partial charge in [0.1, 0.15) is 0 Å². The zero-order valence-corrected chi connectivity index (χ0v) is 7.17. The normalized spacial score (nSPS) is 18.0. The highest BCUT2D eigenvalue weighted by atomic mass is 79.9. The van der Waals surface area contributed by atoms with Crippen molar-refractivity contribution in [3.63, 3.8) is 0 Å². The van der Waals surface area contributed by atoms with Crippen LogP contribution in [0.15, 0.2) is 0 Å². The predicted octanol–water partition coefficient (Wildman–Crippen LogP) is 2.46. The van der Waals surface area contributed by atoms with Gasteiger partial charge >= 0.3 is 0 Å². The lowest BCUT2D eigenvalue weighted by molar-refractivity contribution is 0.215. The Morgan fingerprint density at radius 2 is 2.25 bits per heavy atom. The molecule has 0 heterocycles. The first-order valence-corrected chi connectivity index (χ1v) is 3.83. The molecule has 8 heavy (non-hydrogen) atoms. The van der Waals surface area contributed by atoms with E-state index in [4.69, 9.17) is 16.7 Å². The van der Waals surface area contributed by atoms with E-state index in [0.717, 1.165) is 12.8 Å². The third-order valence-corrected chi connectivity index (χ3v) is 1.42. The summed E-state index contributed by atoms with van der Waals surface area (Å²) in [5.41, 5.74) is 0. The Morgan fingerprint density at radius 1 is 1.75 bits per heavy atom. The first-order chi connectivity index (χ1) is 3.56. The molecular weight excluding hydrogens is 191 g/mol. The van der Waals surface area contributed by atoms with E-state index >= 15 is 0 Å². The summed E-state index contributed by atoms with van der Waals surface area (Å²) < 4.78 is -1.16. The molecule has 0 rings (SSSR count). The van der Waals surface area contributed by atoms with Crippen molar-refractivity contribution < 1.29 is 5.11 Å². The molecule has 0 fully saturated rings. The van der Waals surface area contributed by atoms with Crippen molar-refractivity contribution in [3.8, 4) is 0 Å². The fourth-order valence-corrected chi connectivity index (χ4v) is 0.803. The summed E-state index contributed by atoms with van der Waals surface area (Å²) in [6, 6.07) is 0. The molecule has 0 aromatic carbocycles. The van der Waals surface area contributed by atoms with Gasteiger partial charge in [0, 0.05) is 6.42 Å². The van der Waals surface area contributed by atoms with Crippen LogP contribution in [0.1, 0.15) is 26.2 Å². The highest BCUT2D eigenvalue weighted by molar-refractivity contribution is 9.10. The van der Waals surface area contributed by atoms with Crippen molar-refractivity contribution in [3.05, 3.63) is 0 Å². The summed E-state index contributed by atoms with van der Waals surface area (Å²) in [4.78, 5) is 0. The second-order valence-corrected chi connectivity index (χ2v) is 4.16. The van der Waals surface area contributed by atoms with Crippen LogP contribution in [0.5, 0.6) is 0 Å². The van der Waals surface area contributed by atoms with E-state index in [1.165, 1.54) is 0 Å². The maximum atomic E-state index is 8.83. The van der Waals surface area contributed by atoms with Gasteiger partial charge in [-0.3, -0.25) is 0 Å². The Labute approximate surface area is 63.2 Å². The van der Waals surface area contributed by atoms with Crippen LogP contribution in [0.2, 0.25) is 0 Å². The van der Waals surface area contributed by atoms with Gasteiger partial charge in [-0.05, 0) is 22.4 Å². The van der Waals surface area contributed by atoms with Crippen molar-refractivity contribution in [1.82, 2.24) is 0 Å². The van der Waals surface area contributed by atoms with Gasteiger partial charge < -0.3 is 5.11 Å². The molecule has 0 spiro atoms. The Bertz CT molecular complexity index is 59.9. The molecule has 0 bridgehead atoms.